The first-order chi connectivity index (χ1) is 22.7. The Morgan fingerprint density at radius 3 is 0.938 bits per heavy atom. The quantitative estimate of drug-likeness (QED) is 0.143. The summed E-state index contributed by atoms with van der Waals surface area (Å²) in [5.74, 6) is -4.05. The van der Waals surface area contributed by atoms with Crippen molar-refractivity contribution in [2.45, 2.75) is 22.6 Å². The number of aromatic nitrogens is 2. The van der Waals surface area contributed by atoms with Gasteiger partial charge in [0.05, 0.1) is 42.7 Å². The molecule has 0 bridgehead atoms. The first kappa shape index (κ1) is 33.9. The minimum absolute atomic E-state index is 0.113. The number of nitrogens with zero attached hydrogens (tertiary/aromatic N) is 2. The number of methoxy groups -OCH3 is 6. The summed E-state index contributed by atoms with van der Waals surface area (Å²) in [6.45, 7) is 0. The number of ether oxygens (including phenoxy) is 6. The lowest BCUT2D eigenvalue weighted by Crippen LogP contribution is -2.21. The molecule has 0 saturated heterocycles. The lowest BCUT2D eigenvalue weighted by Gasteiger charge is -2.16. The molecular weight excluding hydrogens is 684 g/mol. The second-order valence-corrected chi connectivity index (χ2v) is 12.9. The van der Waals surface area contributed by atoms with E-state index >= 15 is 0 Å². The molecule has 0 radical (unpaired) electrons. The smallest absolute Gasteiger partial charge is 0.364 e. The molecule has 0 amide bonds. The summed E-state index contributed by atoms with van der Waals surface area (Å²) in [6.07, 6.45) is -0.888. The van der Waals surface area contributed by atoms with Crippen molar-refractivity contribution >= 4 is 20.2 Å². The van der Waals surface area contributed by atoms with Gasteiger partial charge in [0.15, 0.2) is 9.79 Å². The number of fused-ring (bicyclic) bond motifs is 2. The molecule has 48 heavy (non-hydrogen) atoms. The van der Waals surface area contributed by atoms with Crippen LogP contribution in [0.1, 0.15) is 22.3 Å². The van der Waals surface area contributed by atoms with Crippen molar-refractivity contribution in [2.75, 3.05) is 42.7 Å². The fourth-order valence-electron chi connectivity index (χ4n) is 5.18. The highest BCUT2D eigenvalue weighted by atomic mass is 32.2. The lowest BCUT2D eigenvalue weighted by molar-refractivity contribution is 0.198. The third-order valence-corrected chi connectivity index (χ3v) is 9.97. The van der Waals surface area contributed by atoms with Crippen LogP contribution < -0.4 is 37.0 Å². The van der Waals surface area contributed by atoms with E-state index in [1.807, 2.05) is 0 Å². The van der Waals surface area contributed by atoms with Gasteiger partial charge in [0.1, 0.15) is 34.5 Å². The molecule has 5 rings (SSSR count). The summed E-state index contributed by atoms with van der Waals surface area (Å²) in [7, 11) is -2.32. The fourth-order valence-corrected chi connectivity index (χ4v) is 7.56. The number of hydrogen-bond acceptors (Lipinski definition) is 16. The van der Waals surface area contributed by atoms with Crippen LogP contribution >= 0.6 is 0 Å². The summed E-state index contributed by atoms with van der Waals surface area (Å²) in [6, 6.07) is 5.00. The minimum Gasteiger partial charge on any atom is -0.496 e. The monoisotopic (exact) mass is 714 g/mol. The van der Waals surface area contributed by atoms with E-state index in [0.717, 1.165) is 0 Å². The summed E-state index contributed by atoms with van der Waals surface area (Å²) in [4.78, 5) is -1.18. The van der Waals surface area contributed by atoms with Crippen LogP contribution in [0.15, 0.2) is 34.1 Å². The van der Waals surface area contributed by atoms with Crippen LogP contribution in [0.5, 0.6) is 58.0 Å². The molecule has 260 valence electrons. The Bertz CT molecular complexity index is 1880. The predicted molar refractivity (Wildman–Crippen MR) is 161 cm³/mol. The Hall–Kier alpha value is -5.50. The normalized spacial score (nSPS) is 12.5. The molecule has 0 atom stereocenters. The molecule has 4 N–H and O–H groups in total. The largest absolute Gasteiger partial charge is 0.496 e. The van der Waals surface area contributed by atoms with Crippen LogP contribution in [-0.4, -0.2) is 89.4 Å². The van der Waals surface area contributed by atoms with Crippen LogP contribution in [0.2, 0.25) is 0 Å². The van der Waals surface area contributed by atoms with E-state index < -0.39 is 66.4 Å². The summed E-state index contributed by atoms with van der Waals surface area (Å²) >= 11 is 0. The number of aromatic hydroxyl groups is 4. The Morgan fingerprint density at radius 2 is 0.729 bits per heavy atom. The maximum absolute atomic E-state index is 13.4. The van der Waals surface area contributed by atoms with Crippen LogP contribution in [0.4, 0.5) is 0 Å². The topological polar surface area (TPSA) is 233 Å². The fraction of sp³-hybridized carbons (Fsp3) is 0.286. The highest BCUT2D eigenvalue weighted by molar-refractivity contribution is 7.87. The van der Waals surface area contributed by atoms with Crippen molar-refractivity contribution in [1.82, 2.24) is 9.46 Å². The molecule has 1 aliphatic carbocycles. The van der Waals surface area contributed by atoms with E-state index in [1.165, 1.54) is 66.9 Å². The van der Waals surface area contributed by atoms with E-state index in [4.69, 9.17) is 37.0 Å². The molecule has 0 unspecified atom stereocenters. The molecule has 0 fully saturated rings. The maximum Gasteiger partial charge on any atom is 0.364 e. The molecule has 4 aromatic rings. The lowest BCUT2D eigenvalue weighted by atomic mass is 9.90. The van der Waals surface area contributed by atoms with Crippen LogP contribution in [-0.2, 0) is 33.1 Å². The Kier molecular flexibility index (Phi) is 8.65. The highest BCUT2D eigenvalue weighted by Crippen LogP contribution is 2.48. The Morgan fingerprint density at radius 1 is 0.479 bits per heavy atom. The van der Waals surface area contributed by atoms with Gasteiger partial charge in [-0.2, -0.15) is 16.8 Å². The van der Waals surface area contributed by atoms with Gasteiger partial charge in [0.25, 0.3) is 0 Å². The number of benzene rings is 2. The van der Waals surface area contributed by atoms with Gasteiger partial charge in [-0.25, -0.2) is 0 Å². The molecule has 0 spiro atoms. The van der Waals surface area contributed by atoms with E-state index in [2.05, 4.69) is 0 Å². The van der Waals surface area contributed by atoms with E-state index in [-0.39, 0.29) is 66.2 Å². The van der Waals surface area contributed by atoms with E-state index in [0.29, 0.717) is 0 Å². The molecule has 0 saturated carbocycles. The van der Waals surface area contributed by atoms with Crippen molar-refractivity contribution in [3.63, 3.8) is 0 Å². The Balaban J connectivity index is 1.52. The zero-order valence-corrected chi connectivity index (χ0v) is 27.8. The second kappa shape index (κ2) is 12.3. The molecule has 20 heteroatoms. The van der Waals surface area contributed by atoms with Crippen molar-refractivity contribution < 1.29 is 74.3 Å². The Labute approximate surface area is 273 Å². The van der Waals surface area contributed by atoms with Gasteiger partial charge in [-0.3, -0.25) is 8.57 Å². The van der Waals surface area contributed by atoms with Crippen molar-refractivity contribution in [3.8, 4) is 58.0 Å². The average molecular weight is 715 g/mol. The van der Waals surface area contributed by atoms with Crippen LogP contribution in [0, 0.1) is 0 Å². The average Bonchev–Trinajstić information content (AvgIpc) is 3.44. The zero-order chi connectivity index (χ0) is 35.3. The van der Waals surface area contributed by atoms with Gasteiger partial charge >= 0.3 is 20.2 Å². The summed E-state index contributed by atoms with van der Waals surface area (Å²) < 4.78 is 95.4. The molecule has 2 aromatic heterocycles. The number of rotatable bonds is 12. The SMILES string of the molecule is COc1cc(OC)c(S(=O)(=O)On2c(O)c3c(c2O)Cc2c(c(O)n(OS(=O)(=O)c4c(OC)cc(OC)cc4OC)c2O)C3)c(OC)c1. The van der Waals surface area contributed by atoms with E-state index in [1.54, 1.807) is 0 Å². The molecule has 0 aliphatic heterocycles. The molecule has 1 aliphatic rings. The predicted octanol–water partition coefficient (Wildman–Crippen LogP) is 1.29. The van der Waals surface area contributed by atoms with Crippen molar-refractivity contribution in [3.05, 3.63) is 46.5 Å². The second-order valence-electron chi connectivity index (χ2n) is 9.93. The van der Waals surface area contributed by atoms with Crippen LogP contribution in [0.25, 0.3) is 0 Å². The maximum atomic E-state index is 13.4. The molecule has 2 heterocycles. The first-order valence-corrected chi connectivity index (χ1v) is 16.3. The van der Waals surface area contributed by atoms with Gasteiger partial charge in [0, 0.05) is 59.4 Å². The van der Waals surface area contributed by atoms with Gasteiger partial charge in [-0.05, 0) is 0 Å². The van der Waals surface area contributed by atoms with Gasteiger partial charge in [-0.15, -0.1) is 0 Å². The van der Waals surface area contributed by atoms with Gasteiger partial charge in [0.2, 0.25) is 23.5 Å². The summed E-state index contributed by atoms with van der Waals surface area (Å²) in [5, 5.41) is 44.0. The first-order valence-electron chi connectivity index (χ1n) is 13.5. The highest BCUT2D eigenvalue weighted by Gasteiger charge is 2.39. The number of hydrogen-bond donors (Lipinski definition) is 4. The van der Waals surface area contributed by atoms with Crippen molar-refractivity contribution in [1.29, 1.82) is 0 Å². The van der Waals surface area contributed by atoms with E-state index in [9.17, 15) is 37.3 Å². The van der Waals surface area contributed by atoms with Gasteiger partial charge in [-0.1, -0.05) is 9.46 Å². The van der Waals surface area contributed by atoms with Crippen LogP contribution in [0.3, 0.4) is 0 Å². The van der Waals surface area contributed by atoms with Crippen molar-refractivity contribution in [2.24, 2.45) is 0 Å². The summed E-state index contributed by atoms with van der Waals surface area (Å²) in [5.41, 5.74) is -0.453. The minimum atomic E-state index is -4.89. The van der Waals surface area contributed by atoms with Gasteiger partial charge < -0.3 is 48.8 Å². The zero-order valence-electron chi connectivity index (χ0n) is 26.1. The standard InChI is InChI=1S/C28H30N2O16S2/c1-39-13-7-19(41-3)23(20(8-13)42-4)47(35,36)45-29-25(31)15-11-17-18(12-16(15)26(29)32)28(34)30(27(17)33)46-48(37,38)24-21(43-5)9-14(40-2)10-22(24)44-6/h7-10,31-34H,11-12H2,1-6H3. The third-order valence-electron chi connectivity index (χ3n) is 7.47. The molecular formula is C28H30N2O16S2. The molecule has 2 aromatic carbocycles. The molecule has 18 nitrogen and oxygen atoms in total. The third kappa shape index (κ3) is 5.37.